The number of halogens is 2. The van der Waals surface area contributed by atoms with Gasteiger partial charge in [0.2, 0.25) is 0 Å². The molecule has 1 nitrogen and oxygen atoms in total. The second-order valence-electron chi connectivity index (χ2n) is 3.16. The lowest BCUT2D eigenvalue weighted by molar-refractivity contribution is -0.567. The first-order valence-corrected chi connectivity index (χ1v) is 4.75. The van der Waals surface area contributed by atoms with Crippen molar-refractivity contribution in [3.05, 3.63) is 66.2 Å². The van der Waals surface area contributed by atoms with Gasteiger partial charge in [-0.3, -0.25) is 0 Å². The fourth-order valence-electron chi connectivity index (χ4n) is 1.29. The van der Waals surface area contributed by atoms with Crippen LogP contribution in [0, 0.1) is 5.82 Å². The normalized spacial score (nSPS) is 10.1. The fraction of sp³-hybridized carbons (Fsp3) is 0. The number of nitrogens with zero attached hydrogens (tertiary/aromatic N) is 1. The third-order valence-electron chi connectivity index (χ3n) is 2.07. The van der Waals surface area contributed by atoms with Crippen LogP contribution >= 0.6 is 0 Å². The van der Waals surface area contributed by atoms with Crippen molar-refractivity contribution in [2.24, 2.45) is 0 Å². The molecule has 0 spiro atoms. The molecule has 0 unspecified atom stereocenters. The molecule has 1 aromatic carbocycles. The van der Waals surface area contributed by atoms with Crippen molar-refractivity contribution in [2.75, 3.05) is 0 Å². The predicted molar refractivity (Wildman–Crippen MR) is 58.3 cm³/mol. The molecule has 1 heterocycles. The lowest BCUT2D eigenvalue weighted by Crippen LogP contribution is -3.00. The monoisotopic (exact) mass is 279 g/mol. The van der Waals surface area contributed by atoms with Gasteiger partial charge in [0, 0.05) is 23.8 Å². The van der Waals surface area contributed by atoms with Crippen LogP contribution in [0.25, 0.3) is 12.3 Å². The van der Waals surface area contributed by atoms with Gasteiger partial charge in [0.15, 0.2) is 18.6 Å². The molecule has 0 aliphatic rings. The molecule has 2 aromatic rings. The molecule has 0 saturated carbocycles. The van der Waals surface area contributed by atoms with E-state index in [-0.39, 0.29) is 22.8 Å². The average molecular weight is 280 g/mol. The summed E-state index contributed by atoms with van der Waals surface area (Å²) in [6.07, 6.45) is 7.36. The molecular formula is C13H11BrFN. The first kappa shape index (κ1) is 12.6. The number of pyridine rings is 1. The van der Waals surface area contributed by atoms with Crippen molar-refractivity contribution in [3.8, 4) is 0 Å². The minimum Gasteiger partial charge on any atom is -1.00 e. The van der Waals surface area contributed by atoms with Gasteiger partial charge in [-0.15, -0.1) is 0 Å². The molecule has 16 heavy (non-hydrogen) atoms. The largest absolute Gasteiger partial charge is 1.00 e. The summed E-state index contributed by atoms with van der Waals surface area (Å²) in [5.74, 6) is -0.203. The maximum atomic E-state index is 13.2. The van der Waals surface area contributed by atoms with Crippen LogP contribution in [0.1, 0.15) is 5.56 Å². The number of rotatable bonds is 2. The Morgan fingerprint density at radius 2 is 1.62 bits per heavy atom. The number of aromatic nitrogens is 1. The van der Waals surface area contributed by atoms with Crippen LogP contribution < -0.4 is 21.5 Å². The van der Waals surface area contributed by atoms with Crippen LogP contribution in [-0.4, -0.2) is 0 Å². The zero-order chi connectivity index (χ0) is 10.5. The van der Waals surface area contributed by atoms with Gasteiger partial charge in [-0.05, 0) is 6.07 Å². The molecule has 3 heteroatoms. The van der Waals surface area contributed by atoms with E-state index in [4.69, 9.17) is 0 Å². The Hall–Kier alpha value is -1.48. The highest BCUT2D eigenvalue weighted by Crippen LogP contribution is 2.07. The van der Waals surface area contributed by atoms with Crippen molar-refractivity contribution < 1.29 is 25.9 Å². The van der Waals surface area contributed by atoms with Crippen molar-refractivity contribution in [2.45, 2.75) is 0 Å². The van der Waals surface area contributed by atoms with Gasteiger partial charge in [-0.25, -0.2) is 4.39 Å². The molecule has 0 aliphatic carbocycles. The Balaban J connectivity index is 0.00000128. The smallest absolute Gasteiger partial charge is 0.175 e. The first-order chi connectivity index (χ1) is 7.36. The highest BCUT2D eigenvalue weighted by molar-refractivity contribution is 5.57. The number of benzene rings is 1. The second-order valence-corrected chi connectivity index (χ2v) is 3.16. The third kappa shape index (κ3) is 3.28. The van der Waals surface area contributed by atoms with Crippen LogP contribution in [0.15, 0.2) is 54.9 Å². The highest BCUT2D eigenvalue weighted by Gasteiger charge is 1.97. The Morgan fingerprint density at radius 3 is 2.31 bits per heavy atom. The Kier molecular flexibility index (Phi) is 4.86. The Morgan fingerprint density at radius 1 is 0.938 bits per heavy atom. The minimum atomic E-state index is -0.203. The van der Waals surface area contributed by atoms with Crippen LogP contribution in [-0.2, 0) is 0 Å². The first-order valence-electron chi connectivity index (χ1n) is 4.75. The molecule has 0 N–H and O–H groups in total. The van der Waals surface area contributed by atoms with Crippen molar-refractivity contribution in [1.29, 1.82) is 0 Å². The summed E-state index contributed by atoms with van der Waals surface area (Å²) in [6, 6.07) is 12.5. The van der Waals surface area contributed by atoms with Crippen LogP contribution in [0.2, 0.25) is 0 Å². The summed E-state index contributed by atoms with van der Waals surface area (Å²) >= 11 is 0. The van der Waals surface area contributed by atoms with Crippen LogP contribution in [0.4, 0.5) is 4.39 Å². The summed E-state index contributed by atoms with van der Waals surface area (Å²) in [4.78, 5) is 0. The summed E-state index contributed by atoms with van der Waals surface area (Å²) < 4.78 is 15.1. The summed E-state index contributed by atoms with van der Waals surface area (Å²) in [6.45, 7) is 0. The highest BCUT2D eigenvalue weighted by atomic mass is 79.9. The zero-order valence-corrected chi connectivity index (χ0v) is 10.1. The van der Waals surface area contributed by atoms with E-state index in [1.165, 1.54) is 6.07 Å². The van der Waals surface area contributed by atoms with Gasteiger partial charge >= 0.3 is 0 Å². The van der Waals surface area contributed by atoms with Crippen LogP contribution in [0.3, 0.4) is 0 Å². The zero-order valence-electron chi connectivity index (χ0n) is 8.55. The molecule has 0 saturated heterocycles. The van der Waals surface area contributed by atoms with E-state index in [0.29, 0.717) is 5.56 Å². The van der Waals surface area contributed by atoms with E-state index in [2.05, 4.69) is 0 Å². The molecule has 0 aliphatic heterocycles. The van der Waals surface area contributed by atoms with Gasteiger partial charge in [-0.2, -0.15) is 4.57 Å². The molecule has 0 bridgehead atoms. The second kappa shape index (κ2) is 6.18. The third-order valence-corrected chi connectivity index (χ3v) is 2.07. The fourth-order valence-corrected chi connectivity index (χ4v) is 1.29. The Labute approximate surface area is 105 Å². The Bertz CT molecular complexity index is 468. The lowest BCUT2D eigenvalue weighted by Gasteiger charge is -1.92. The van der Waals surface area contributed by atoms with E-state index in [1.807, 2.05) is 47.4 Å². The van der Waals surface area contributed by atoms with E-state index in [0.717, 1.165) is 0 Å². The summed E-state index contributed by atoms with van der Waals surface area (Å²) in [5, 5.41) is 0. The van der Waals surface area contributed by atoms with Crippen molar-refractivity contribution in [3.63, 3.8) is 0 Å². The van der Waals surface area contributed by atoms with Gasteiger partial charge in [-0.1, -0.05) is 24.3 Å². The van der Waals surface area contributed by atoms with Gasteiger partial charge in [0.1, 0.15) is 5.82 Å². The molecular weight excluding hydrogens is 269 g/mol. The standard InChI is InChI=1S/C13H11FN.BrH/c14-13-7-3-2-6-12(13)8-11-15-9-4-1-5-10-15;/h1-11H;1H/q+1;/p-1/b11-8+;. The maximum absolute atomic E-state index is 13.2. The molecule has 1 aromatic heterocycles. The van der Waals surface area contributed by atoms with Gasteiger partial charge in [0.25, 0.3) is 0 Å². The predicted octanol–water partition coefficient (Wildman–Crippen LogP) is -0.255. The maximum Gasteiger partial charge on any atom is 0.175 e. The van der Waals surface area contributed by atoms with Crippen LogP contribution in [0.5, 0.6) is 0 Å². The number of hydrogen-bond donors (Lipinski definition) is 0. The van der Waals surface area contributed by atoms with E-state index in [1.54, 1.807) is 18.2 Å². The average Bonchev–Trinajstić information content (AvgIpc) is 2.29. The number of hydrogen-bond acceptors (Lipinski definition) is 0. The SMILES string of the molecule is Fc1ccccc1/C=C/[n+]1ccccc1.[Br-]. The minimum absolute atomic E-state index is 0. The van der Waals surface area contributed by atoms with Crippen molar-refractivity contribution in [1.82, 2.24) is 0 Å². The van der Waals surface area contributed by atoms with E-state index < -0.39 is 0 Å². The van der Waals surface area contributed by atoms with Crippen molar-refractivity contribution >= 4 is 12.3 Å². The van der Waals surface area contributed by atoms with Gasteiger partial charge in [0.05, 0.1) is 0 Å². The molecule has 2 rings (SSSR count). The molecule has 0 fully saturated rings. The topological polar surface area (TPSA) is 3.88 Å². The van der Waals surface area contributed by atoms with Gasteiger partial charge < -0.3 is 17.0 Å². The lowest BCUT2D eigenvalue weighted by atomic mass is 10.2. The molecule has 82 valence electrons. The quantitative estimate of drug-likeness (QED) is 0.668. The summed E-state index contributed by atoms with van der Waals surface area (Å²) in [7, 11) is 0. The molecule has 0 radical (unpaired) electrons. The molecule has 0 amide bonds. The molecule has 0 atom stereocenters. The summed E-state index contributed by atoms with van der Waals surface area (Å²) in [5.41, 5.74) is 0.592. The van der Waals surface area contributed by atoms with E-state index in [9.17, 15) is 4.39 Å². The van der Waals surface area contributed by atoms with E-state index >= 15 is 0 Å².